The van der Waals surface area contributed by atoms with Crippen molar-refractivity contribution in [3.8, 4) is 17.2 Å². The van der Waals surface area contributed by atoms with Crippen molar-refractivity contribution < 1.29 is 19.0 Å². The number of carbonyl (C=O) groups is 1. The SMILES string of the molecule is CCCCCCCOc1ccc(C(=O)NC(=S)NCc2cc(OC)c(OC)cc2Cl)cc1. The number of ether oxygens (including phenoxy) is 3. The molecular formula is C24H31ClN2O4S. The summed E-state index contributed by atoms with van der Waals surface area (Å²) >= 11 is 11.5. The number of methoxy groups -OCH3 is 2. The lowest BCUT2D eigenvalue weighted by Gasteiger charge is -2.14. The molecule has 0 aliphatic rings. The summed E-state index contributed by atoms with van der Waals surface area (Å²) in [6.45, 7) is 3.20. The number of thiocarbonyl (C=S) groups is 1. The van der Waals surface area contributed by atoms with Crippen LogP contribution in [0.4, 0.5) is 0 Å². The molecule has 0 heterocycles. The molecule has 0 spiro atoms. The number of hydrogen-bond donors (Lipinski definition) is 2. The van der Waals surface area contributed by atoms with Gasteiger partial charge in [-0.05, 0) is 54.5 Å². The molecule has 0 radical (unpaired) electrons. The maximum absolute atomic E-state index is 12.4. The Hall–Kier alpha value is -2.51. The second-order valence-electron chi connectivity index (χ2n) is 7.22. The number of carbonyl (C=O) groups excluding carboxylic acids is 1. The van der Waals surface area contributed by atoms with E-state index in [-0.39, 0.29) is 11.0 Å². The summed E-state index contributed by atoms with van der Waals surface area (Å²) in [4.78, 5) is 12.4. The highest BCUT2D eigenvalue weighted by atomic mass is 35.5. The topological polar surface area (TPSA) is 68.8 Å². The zero-order valence-corrected chi connectivity index (χ0v) is 20.4. The van der Waals surface area contributed by atoms with Gasteiger partial charge in [0.25, 0.3) is 5.91 Å². The van der Waals surface area contributed by atoms with E-state index in [0.717, 1.165) is 17.7 Å². The van der Waals surface area contributed by atoms with E-state index in [4.69, 9.17) is 38.0 Å². The highest BCUT2D eigenvalue weighted by Crippen LogP contribution is 2.32. The van der Waals surface area contributed by atoms with E-state index in [1.54, 1.807) is 50.6 Å². The maximum Gasteiger partial charge on any atom is 0.257 e. The minimum atomic E-state index is -0.299. The summed E-state index contributed by atoms with van der Waals surface area (Å²) in [5.74, 6) is 1.56. The van der Waals surface area contributed by atoms with E-state index in [9.17, 15) is 4.79 Å². The average molecular weight is 479 g/mol. The Kier molecular flexibility index (Phi) is 11.1. The molecule has 0 aliphatic carbocycles. The Balaban J connectivity index is 1.80. The first-order valence-electron chi connectivity index (χ1n) is 10.7. The normalized spacial score (nSPS) is 10.4. The zero-order chi connectivity index (χ0) is 23.3. The first-order chi connectivity index (χ1) is 15.5. The fourth-order valence-electron chi connectivity index (χ4n) is 3.02. The lowest BCUT2D eigenvalue weighted by Crippen LogP contribution is -2.38. The van der Waals surface area contributed by atoms with Gasteiger partial charge in [0.1, 0.15) is 5.75 Å². The van der Waals surface area contributed by atoms with Gasteiger partial charge in [-0.1, -0.05) is 44.2 Å². The third kappa shape index (κ3) is 8.20. The predicted octanol–water partition coefficient (Wildman–Crippen LogP) is 5.51. The molecule has 32 heavy (non-hydrogen) atoms. The van der Waals surface area contributed by atoms with E-state index < -0.39 is 0 Å². The summed E-state index contributed by atoms with van der Waals surface area (Å²) in [6, 6.07) is 10.5. The Morgan fingerprint density at radius 3 is 2.31 bits per heavy atom. The molecule has 2 N–H and O–H groups in total. The quantitative estimate of drug-likeness (QED) is 0.309. The largest absolute Gasteiger partial charge is 0.494 e. The smallest absolute Gasteiger partial charge is 0.257 e. The van der Waals surface area contributed by atoms with Crippen LogP contribution in [0.5, 0.6) is 17.2 Å². The van der Waals surface area contributed by atoms with Crippen LogP contribution in [0.2, 0.25) is 5.02 Å². The number of halogens is 1. The number of hydrogen-bond acceptors (Lipinski definition) is 5. The van der Waals surface area contributed by atoms with E-state index in [1.807, 2.05) is 0 Å². The van der Waals surface area contributed by atoms with Crippen LogP contribution in [0, 0.1) is 0 Å². The highest BCUT2D eigenvalue weighted by Gasteiger charge is 2.12. The number of benzene rings is 2. The number of nitrogens with one attached hydrogen (secondary N) is 2. The fourth-order valence-corrected chi connectivity index (χ4v) is 3.41. The number of unbranched alkanes of at least 4 members (excludes halogenated alkanes) is 4. The van der Waals surface area contributed by atoms with Gasteiger partial charge in [0.2, 0.25) is 0 Å². The zero-order valence-electron chi connectivity index (χ0n) is 18.8. The van der Waals surface area contributed by atoms with Crippen LogP contribution in [0.25, 0.3) is 0 Å². The van der Waals surface area contributed by atoms with Gasteiger partial charge < -0.3 is 19.5 Å². The summed E-state index contributed by atoms with van der Waals surface area (Å²) in [6.07, 6.45) is 5.94. The van der Waals surface area contributed by atoms with Crippen LogP contribution in [0.15, 0.2) is 36.4 Å². The summed E-state index contributed by atoms with van der Waals surface area (Å²) in [5, 5.41) is 6.36. The predicted molar refractivity (Wildman–Crippen MR) is 132 cm³/mol. The minimum absolute atomic E-state index is 0.202. The van der Waals surface area contributed by atoms with Crippen LogP contribution in [-0.2, 0) is 6.54 Å². The summed E-state index contributed by atoms with van der Waals surface area (Å²) in [5.41, 5.74) is 1.26. The van der Waals surface area contributed by atoms with Crippen molar-refractivity contribution in [2.75, 3.05) is 20.8 Å². The molecule has 0 bridgehead atoms. The Labute approximate surface area is 200 Å². The average Bonchev–Trinajstić information content (AvgIpc) is 2.80. The third-order valence-corrected chi connectivity index (χ3v) is 5.45. The molecule has 0 saturated carbocycles. The van der Waals surface area contributed by atoms with Gasteiger partial charge in [-0.25, -0.2) is 0 Å². The molecule has 0 fully saturated rings. The van der Waals surface area contributed by atoms with Crippen molar-refractivity contribution in [2.24, 2.45) is 0 Å². The maximum atomic E-state index is 12.4. The lowest BCUT2D eigenvalue weighted by molar-refractivity contribution is 0.0976. The van der Waals surface area contributed by atoms with E-state index in [2.05, 4.69) is 17.6 Å². The molecule has 0 aliphatic heterocycles. The molecule has 2 rings (SSSR count). The van der Waals surface area contributed by atoms with Crippen molar-refractivity contribution in [1.82, 2.24) is 10.6 Å². The first kappa shape index (κ1) is 25.7. The van der Waals surface area contributed by atoms with Gasteiger partial charge in [0.05, 0.1) is 20.8 Å². The highest BCUT2D eigenvalue weighted by molar-refractivity contribution is 7.80. The van der Waals surface area contributed by atoms with Crippen LogP contribution in [-0.4, -0.2) is 31.8 Å². The molecule has 2 aromatic rings. The lowest BCUT2D eigenvalue weighted by atomic mass is 10.2. The van der Waals surface area contributed by atoms with Gasteiger partial charge in [-0.2, -0.15) is 0 Å². The van der Waals surface area contributed by atoms with Crippen molar-refractivity contribution in [3.63, 3.8) is 0 Å². The van der Waals surface area contributed by atoms with Crippen LogP contribution in [0.1, 0.15) is 54.9 Å². The monoisotopic (exact) mass is 478 g/mol. The van der Waals surface area contributed by atoms with Crippen molar-refractivity contribution >= 4 is 34.8 Å². The molecule has 6 nitrogen and oxygen atoms in total. The van der Waals surface area contributed by atoms with Crippen molar-refractivity contribution in [2.45, 2.75) is 45.6 Å². The molecule has 8 heteroatoms. The molecule has 174 valence electrons. The van der Waals surface area contributed by atoms with Gasteiger partial charge in [-0.15, -0.1) is 0 Å². The molecule has 2 aromatic carbocycles. The van der Waals surface area contributed by atoms with E-state index in [1.165, 1.54) is 25.7 Å². The number of rotatable bonds is 12. The second kappa shape index (κ2) is 13.8. The van der Waals surface area contributed by atoms with Crippen molar-refractivity contribution in [3.05, 3.63) is 52.5 Å². The van der Waals surface area contributed by atoms with Gasteiger partial charge >= 0.3 is 0 Å². The van der Waals surface area contributed by atoms with Gasteiger partial charge in [-0.3, -0.25) is 10.1 Å². The van der Waals surface area contributed by atoms with Crippen LogP contribution >= 0.6 is 23.8 Å². The second-order valence-corrected chi connectivity index (χ2v) is 8.04. The number of amides is 1. The van der Waals surface area contributed by atoms with Crippen LogP contribution in [0.3, 0.4) is 0 Å². The minimum Gasteiger partial charge on any atom is -0.494 e. The van der Waals surface area contributed by atoms with Gasteiger partial charge in [0, 0.05) is 23.2 Å². The Morgan fingerprint density at radius 1 is 1.00 bits per heavy atom. The van der Waals surface area contributed by atoms with Crippen LogP contribution < -0.4 is 24.8 Å². The molecule has 0 aromatic heterocycles. The molecule has 0 atom stereocenters. The third-order valence-electron chi connectivity index (χ3n) is 4.85. The Bertz CT molecular complexity index is 890. The summed E-state index contributed by atoms with van der Waals surface area (Å²) < 4.78 is 16.3. The summed E-state index contributed by atoms with van der Waals surface area (Å²) in [7, 11) is 3.10. The van der Waals surface area contributed by atoms with E-state index >= 15 is 0 Å². The molecule has 1 amide bonds. The van der Waals surface area contributed by atoms with E-state index in [0.29, 0.717) is 35.2 Å². The Morgan fingerprint density at radius 2 is 1.66 bits per heavy atom. The van der Waals surface area contributed by atoms with Gasteiger partial charge in [0.15, 0.2) is 16.6 Å². The molecular weight excluding hydrogens is 448 g/mol. The van der Waals surface area contributed by atoms with Crippen molar-refractivity contribution in [1.29, 1.82) is 0 Å². The molecule has 0 unspecified atom stereocenters. The molecule has 0 saturated heterocycles. The standard InChI is InChI=1S/C24H31ClN2O4S/c1-4-5-6-7-8-13-31-19-11-9-17(10-12-19)23(28)27-24(32)26-16-18-14-21(29-2)22(30-3)15-20(18)25/h9-12,14-15H,4-8,13,16H2,1-3H3,(H2,26,27,28,32). The fraction of sp³-hybridized carbons (Fsp3) is 0.417. The first-order valence-corrected chi connectivity index (χ1v) is 11.5.